The molecule has 19 heavy (non-hydrogen) atoms. The zero-order valence-electron chi connectivity index (χ0n) is 11.8. The molecule has 1 rings (SSSR count). The van der Waals surface area contributed by atoms with Gasteiger partial charge in [0, 0.05) is 5.02 Å². The Morgan fingerprint density at radius 1 is 0.632 bits per heavy atom. The fourth-order valence-corrected chi connectivity index (χ4v) is 0.637. The second-order valence-electron chi connectivity index (χ2n) is 1.44. The summed E-state index contributed by atoms with van der Waals surface area (Å²) in [7, 11) is 0. The van der Waals surface area contributed by atoms with Crippen molar-refractivity contribution in [3.8, 4) is 0 Å². The minimum Gasteiger partial charge on any atom is -0.344 e. The highest BCUT2D eigenvalue weighted by atomic mass is 35.5. The largest absolute Gasteiger partial charge is 0.344 e. The van der Waals surface area contributed by atoms with E-state index in [1.54, 1.807) is 12.1 Å². The van der Waals surface area contributed by atoms with E-state index in [1.807, 2.05) is 0 Å². The summed E-state index contributed by atoms with van der Waals surface area (Å²) < 4.78 is 12.1. The molecule has 0 amide bonds. The van der Waals surface area contributed by atoms with Crippen LogP contribution in [0.2, 0.25) is 5.02 Å². The second kappa shape index (κ2) is 53.7. The van der Waals surface area contributed by atoms with Crippen LogP contribution in [0.1, 0.15) is 0 Å². The van der Waals surface area contributed by atoms with Crippen molar-refractivity contribution in [1.82, 2.24) is 67.7 Å². The highest BCUT2D eigenvalue weighted by Gasteiger charge is 1.86. The molecular weight excluding hydrogens is 281 g/mol. The molecular formula is C6H37ClFN11. The van der Waals surface area contributed by atoms with Crippen molar-refractivity contribution in [2.75, 3.05) is 0 Å². The minimum atomic E-state index is -0.294. The second-order valence-corrected chi connectivity index (χ2v) is 1.88. The van der Waals surface area contributed by atoms with Gasteiger partial charge in [-0.3, -0.25) is 0 Å². The average Bonchev–Trinajstić information content (AvgIpc) is 1.64. The van der Waals surface area contributed by atoms with Gasteiger partial charge in [0.2, 0.25) is 0 Å². The fraction of sp³-hybridized carbons (Fsp3) is 0. The lowest BCUT2D eigenvalue weighted by Crippen LogP contribution is -1.68. The molecule has 0 aliphatic rings. The topological polar surface area (TPSA) is 385 Å². The van der Waals surface area contributed by atoms with Crippen molar-refractivity contribution in [1.29, 1.82) is 0 Å². The lowest BCUT2D eigenvalue weighted by atomic mass is 10.4. The van der Waals surface area contributed by atoms with E-state index in [-0.39, 0.29) is 73.5 Å². The first-order valence-corrected chi connectivity index (χ1v) is 2.58. The van der Waals surface area contributed by atoms with Crippen LogP contribution in [-0.2, 0) is 0 Å². The zero-order valence-corrected chi connectivity index (χ0v) is 12.6. The molecule has 130 valence electrons. The van der Waals surface area contributed by atoms with E-state index in [4.69, 9.17) is 11.6 Å². The molecule has 0 fully saturated rings. The molecule has 0 radical (unpaired) electrons. The monoisotopic (exact) mass is 317 g/mol. The molecule has 0 heterocycles. The average molecular weight is 318 g/mol. The Hall–Kier alpha value is -1.00. The van der Waals surface area contributed by atoms with Gasteiger partial charge in [-0.05, 0) is 18.2 Å². The molecule has 0 atom stereocenters. The third kappa shape index (κ3) is 47.2. The van der Waals surface area contributed by atoms with Crippen LogP contribution in [0.3, 0.4) is 0 Å². The first kappa shape index (κ1) is 106. The van der Waals surface area contributed by atoms with Crippen LogP contribution in [0.15, 0.2) is 24.3 Å². The predicted molar refractivity (Wildman–Crippen MR) is 86.7 cm³/mol. The first-order chi connectivity index (χ1) is 3.79. The molecule has 0 saturated carbocycles. The van der Waals surface area contributed by atoms with Gasteiger partial charge >= 0.3 is 0 Å². The summed E-state index contributed by atoms with van der Waals surface area (Å²) in [6.45, 7) is 0. The van der Waals surface area contributed by atoms with Crippen LogP contribution in [0.25, 0.3) is 0 Å². The molecule has 0 bridgehead atoms. The lowest BCUT2D eigenvalue weighted by Gasteiger charge is -1.85. The van der Waals surface area contributed by atoms with Gasteiger partial charge in [0.1, 0.15) is 5.82 Å². The molecule has 0 aromatic heterocycles. The third-order valence-corrected chi connectivity index (χ3v) is 1.02. The highest BCUT2D eigenvalue weighted by Crippen LogP contribution is 2.07. The molecule has 0 unspecified atom stereocenters. The van der Waals surface area contributed by atoms with E-state index in [0.717, 1.165) is 0 Å². The van der Waals surface area contributed by atoms with E-state index >= 15 is 0 Å². The standard InChI is InChI=1S/C6H4ClF.11H3N/c7-5-2-1-3-6(8)4-5;;;;;;;;;;;/h1-4H;11*1H3. The van der Waals surface area contributed by atoms with Crippen molar-refractivity contribution in [2.45, 2.75) is 0 Å². The number of hydrogen-bond donors (Lipinski definition) is 11. The number of hydrogen-bond acceptors (Lipinski definition) is 11. The van der Waals surface area contributed by atoms with Gasteiger partial charge in [-0.25, -0.2) is 4.39 Å². The minimum absolute atomic E-state index is 0. The fourth-order valence-electron chi connectivity index (χ4n) is 0.460. The van der Waals surface area contributed by atoms with Crippen LogP contribution in [0.4, 0.5) is 4.39 Å². The summed E-state index contributed by atoms with van der Waals surface area (Å²) in [5.74, 6) is -0.294. The summed E-state index contributed by atoms with van der Waals surface area (Å²) in [4.78, 5) is 0. The predicted octanol–water partition coefficient (Wildman–Crippen LogP) is 4.26. The van der Waals surface area contributed by atoms with Crippen LogP contribution < -0.4 is 67.7 Å². The van der Waals surface area contributed by atoms with Crippen LogP contribution >= 0.6 is 11.6 Å². The SMILES string of the molecule is Fc1cccc(Cl)c1.N.N.N.N.N.N.N.N.N.N.N. The normalized spacial score (nSPS) is 3.89. The van der Waals surface area contributed by atoms with Crippen LogP contribution in [-0.4, -0.2) is 0 Å². The summed E-state index contributed by atoms with van der Waals surface area (Å²) in [5, 5.41) is 0.435. The Bertz CT molecular complexity index is 187. The molecule has 0 saturated heterocycles. The van der Waals surface area contributed by atoms with Gasteiger partial charge in [0.15, 0.2) is 0 Å². The van der Waals surface area contributed by atoms with Crippen molar-refractivity contribution >= 4 is 11.6 Å². The van der Waals surface area contributed by atoms with Gasteiger partial charge in [-0.2, -0.15) is 0 Å². The lowest BCUT2D eigenvalue weighted by molar-refractivity contribution is 0.628. The maximum absolute atomic E-state index is 12.1. The van der Waals surface area contributed by atoms with Crippen molar-refractivity contribution in [2.24, 2.45) is 0 Å². The molecule has 0 aliphatic heterocycles. The first-order valence-electron chi connectivity index (χ1n) is 2.20. The van der Waals surface area contributed by atoms with Crippen LogP contribution in [0.5, 0.6) is 0 Å². The Balaban J connectivity index is -0.00000000646. The maximum Gasteiger partial charge on any atom is 0.124 e. The van der Waals surface area contributed by atoms with Crippen LogP contribution in [0, 0.1) is 5.82 Å². The molecule has 0 spiro atoms. The Morgan fingerprint density at radius 3 is 1.11 bits per heavy atom. The van der Waals surface area contributed by atoms with Crippen molar-refractivity contribution in [3.05, 3.63) is 35.1 Å². The highest BCUT2D eigenvalue weighted by molar-refractivity contribution is 6.30. The van der Waals surface area contributed by atoms with E-state index in [9.17, 15) is 4.39 Å². The smallest absolute Gasteiger partial charge is 0.124 e. The molecule has 1 aromatic carbocycles. The number of halogens is 2. The Kier molecular flexibility index (Phi) is 300. The van der Waals surface area contributed by atoms with Crippen molar-refractivity contribution in [3.63, 3.8) is 0 Å². The van der Waals surface area contributed by atoms with Gasteiger partial charge in [-0.15, -0.1) is 0 Å². The van der Waals surface area contributed by atoms with Gasteiger partial charge in [0.05, 0.1) is 0 Å². The third-order valence-electron chi connectivity index (χ3n) is 0.787. The summed E-state index contributed by atoms with van der Waals surface area (Å²) >= 11 is 5.40. The van der Waals surface area contributed by atoms with Gasteiger partial charge in [-0.1, -0.05) is 17.7 Å². The summed E-state index contributed by atoms with van der Waals surface area (Å²) in [6, 6.07) is 5.82. The van der Waals surface area contributed by atoms with E-state index in [0.29, 0.717) is 5.02 Å². The zero-order chi connectivity index (χ0) is 5.98. The van der Waals surface area contributed by atoms with Crippen molar-refractivity contribution < 1.29 is 4.39 Å². The van der Waals surface area contributed by atoms with E-state index < -0.39 is 0 Å². The Labute approximate surface area is 119 Å². The molecule has 0 aliphatic carbocycles. The van der Waals surface area contributed by atoms with Gasteiger partial charge in [0.25, 0.3) is 0 Å². The van der Waals surface area contributed by atoms with E-state index in [1.165, 1.54) is 12.1 Å². The summed E-state index contributed by atoms with van der Waals surface area (Å²) in [6.07, 6.45) is 0. The molecule has 11 nitrogen and oxygen atoms in total. The van der Waals surface area contributed by atoms with Gasteiger partial charge < -0.3 is 67.7 Å². The number of rotatable bonds is 0. The number of benzene rings is 1. The molecule has 33 N–H and O–H groups in total. The maximum atomic E-state index is 12.1. The quantitative estimate of drug-likeness (QED) is 0.320. The summed E-state index contributed by atoms with van der Waals surface area (Å²) in [5.41, 5.74) is 0. The Morgan fingerprint density at radius 2 is 0.947 bits per heavy atom. The molecule has 13 heteroatoms. The molecule has 1 aromatic rings. The van der Waals surface area contributed by atoms with E-state index in [2.05, 4.69) is 0 Å².